The molecular weight excluding hydrogens is 402 g/mol. The number of alkyl halides is 2. The van der Waals surface area contributed by atoms with Gasteiger partial charge < -0.3 is 14.5 Å². The fourth-order valence-electron chi connectivity index (χ4n) is 3.24. The molecule has 1 amide bonds. The summed E-state index contributed by atoms with van der Waals surface area (Å²) < 4.78 is 53.5. The van der Waals surface area contributed by atoms with Crippen molar-refractivity contribution >= 4 is 21.4 Å². The maximum atomic E-state index is 12.8. The lowest BCUT2D eigenvalue weighted by atomic mass is 10.2. The van der Waals surface area contributed by atoms with Gasteiger partial charge in [-0.1, -0.05) is 0 Å². The Kier molecular flexibility index (Phi) is 6.36. The number of carbonyl (C=O) groups is 1. The van der Waals surface area contributed by atoms with Crippen molar-refractivity contribution in [3.8, 4) is 5.75 Å². The van der Waals surface area contributed by atoms with E-state index in [9.17, 15) is 22.0 Å². The summed E-state index contributed by atoms with van der Waals surface area (Å²) in [6.07, 6.45) is 0.773. The van der Waals surface area contributed by atoms with E-state index in [2.05, 4.69) is 4.90 Å². The second kappa shape index (κ2) is 8.77. The van der Waals surface area contributed by atoms with Crippen molar-refractivity contribution in [1.29, 1.82) is 0 Å². The molecule has 1 aliphatic rings. The van der Waals surface area contributed by atoms with Crippen LogP contribution in [0.2, 0.25) is 0 Å². The van der Waals surface area contributed by atoms with Gasteiger partial charge in [0.15, 0.2) is 0 Å². The summed E-state index contributed by atoms with van der Waals surface area (Å²) in [7, 11) is -3.06. The van der Waals surface area contributed by atoms with Gasteiger partial charge in [0.05, 0.1) is 12.0 Å². The van der Waals surface area contributed by atoms with Crippen LogP contribution in [0.3, 0.4) is 0 Å². The number of amides is 1. The van der Waals surface area contributed by atoms with Crippen LogP contribution in [0.25, 0.3) is 0 Å². The van der Waals surface area contributed by atoms with Gasteiger partial charge in [0.2, 0.25) is 9.84 Å². The zero-order valence-electron chi connectivity index (χ0n) is 15.9. The molecule has 9 heteroatoms. The summed E-state index contributed by atoms with van der Waals surface area (Å²) in [6.45, 7) is 2.50. The Labute approximate surface area is 168 Å². The molecule has 1 aliphatic heterocycles. The molecule has 2 aromatic rings. The maximum absolute atomic E-state index is 12.8. The average molecular weight is 424 g/mol. The van der Waals surface area contributed by atoms with Crippen LogP contribution < -0.4 is 9.64 Å². The summed E-state index contributed by atoms with van der Waals surface area (Å²) in [6, 6.07) is 12.4. The van der Waals surface area contributed by atoms with Crippen molar-refractivity contribution in [2.75, 3.05) is 38.2 Å². The number of halogens is 2. The van der Waals surface area contributed by atoms with E-state index in [1.165, 1.54) is 12.1 Å². The summed E-state index contributed by atoms with van der Waals surface area (Å²) in [4.78, 5) is 16.2. The first-order valence-corrected chi connectivity index (χ1v) is 10.7. The third-order valence-electron chi connectivity index (χ3n) is 4.89. The molecule has 6 nitrogen and oxygen atoms in total. The zero-order chi connectivity index (χ0) is 21.0. The molecule has 0 radical (unpaired) electrons. The van der Waals surface area contributed by atoms with E-state index < -0.39 is 20.5 Å². The van der Waals surface area contributed by atoms with Gasteiger partial charge in [0.25, 0.3) is 5.91 Å². The number of ether oxygens (including phenoxy) is 1. The van der Waals surface area contributed by atoms with E-state index in [0.29, 0.717) is 19.6 Å². The summed E-state index contributed by atoms with van der Waals surface area (Å²) >= 11 is 0. The Hall–Kier alpha value is -2.68. The minimum Gasteiger partial charge on any atom is -0.497 e. The number of hydrogen-bond acceptors (Lipinski definition) is 5. The molecule has 0 bridgehead atoms. The highest BCUT2D eigenvalue weighted by atomic mass is 32.2. The Morgan fingerprint density at radius 1 is 0.966 bits per heavy atom. The first kappa shape index (κ1) is 21.0. The molecule has 0 aliphatic carbocycles. The fourth-order valence-corrected chi connectivity index (χ4v) is 3.97. The predicted octanol–water partition coefficient (Wildman–Crippen LogP) is 3.04. The molecule has 0 atom stereocenters. The molecule has 2 aromatic carbocycles. The van der Waals surface area contributed by atoms with Gasteiger partial charge in [0, 0.05) is 37.4 Å². The maximum Gasteiger partial charge on any atom is 0.341 e. The van der Waals surface area contributed by atoms with E-state index in [-0.39, 0.29) is 11.5 Å². The van der Waals surface area contributed by atoms with Crippen molar-refractivity contribution in [3.05, 3.63) is 54.1 Å². The lowest BCUT2D eigenvalue weighted by molar-refractivity contribution is 0.0767. The van der Waals surface area contributed by atoms with Gasteiger partial charge in [-0.3, -0.25) is 4.79 Å². The second-order valence-electron chi connectivity index (χ2n) is 6.66. The van der Waals surface area contributed by atoms with Gasteiger partial charge in [-0.2, -0.15) is 8.78 Å². The van der Waals surface area contributed by atoms with E-state index in [1.807, 2.05) is 24.3 Å². The van der Waals surface area contributed by atoms with Crippen LogP contribution >= 0.6 is 0 Å². The van der Waals surface area contributed by atoms with Crippen LogP contribution in [0.1, 0.15) is 16.8 Å². The summed E-state index contributed by atoms with van der Waals surface area (Å²) in [5.74, 6) is -2.96. The molecule has 156 valence electrons. The molecule has 1 fully saturated rings. The number of hydrogen-bond donors (Lipinski definition) is 0. The highest BCUT2D eigenvalue weighted by Gasteiger charge is 2.27. The molecule has 3 rings (SSSR count). The largest absolute Gasteiger partial charge is 0.497 e. The van der Waals surface area contributed by atoms with Crippen molar-refractivity contribution in [3.63, 3.8) is 0 Å². The van der Waals surface area contributed by atoms with Crippen LogP contribution in [0.4, 0.5) is 14.5 Å². The topological polar surface area (TPSA) is 66.9 Å². The lowest BCUT2D eigenvalue weighted by Crippen LogP contribution is -2.35. The number of methoxy groups -OCH3 is 1. The van der Waals surface area contributed by atoms with Crippen molar-refractivity contribution < 1.29 is 26.7 Å². The number of benzene rings is 2. The van der Waals surface area contributed by atoms with Crippen LogP contribution in [0.15, 0.2) is 53.4 Å². The van der Waals surface area contributed by atoms with Gasteiger partial charge >= 0.3 is 5.76 Å². The molecule has 0 spiro atoms. The van der Waals surface area contributed by atoms with Crippen LogP contribution in [-0.2, 0) is 9.84 Å². The molecular formula is C20H22F2N2O4S. The fraction of sp³-hybridized carbons (Fsp3) is 0.350. The average Bonchev–Trinajstić information content (AvgIpc) is 2.99. The Balaban J connectivity index is 1.67. The summed E-state index contributed by atoms with van der Waals surface area (Å²) in [5, 5.41) is 0. The third kappa shape index (κ3) is 4.67. The van der Waals surface area contributed by atoms with Gasteiger partial charge in [-0.15, -0.1) is 0 Å². The number of sulfone groups is 1. The molecule has 1 heterocycles. The lowest BCUT2D eigenvalue weighted by Gasteiger charge is -2.24. The normalized spacial score (nSPS) is 15.3. The molecule has 1 saturated heterocycles. The molecule has 0 unspecified atom stereocenters. The minimum absolute atomic E-state index is 0.248. The highest BCUT2D eigenvalue weighted by Crippen LogP contribution is 2.22. The molecule has 29 heavy (non-hydrogen) atoms. The highest BCUT2D eigenvalue weighted by molar-refractivity contribution is 7.91. The minimum atomic E-state index is -4.67. The number of carbonyl (C=O) groups excluding carboxylic acids is 1. The first-order chi connectivity index (χ1) is 13.8. The van der Waals surface area contributed by atoms with Gasteiger partial charge in [-0.05, 0) is 55.0 Å². The number of anilines is 1. The predicted molar refractivity (Wildman–Crippen MR) is 105 cm³/mol. The third-order valence-corrected chi connectivity index (χ3v) is 6.28. The Bertz CT molecular complexity index is 947. The second-order valence-corrected chi connectivity index (χ2v) is 8.58. The quantitative estimate of drug-likeness (QED) is 0.738. The Morgan fingerprint density at radius 3 is 2.21 bits per heavy atom. The van der Waals surface area contributed by atoms with Gasteiger partial charge in [-0.25, -0.2) is 8.42 Å². The number of nitrogens with zero attached hydrogens (tertiary/aromatic N) is 2. The van der Waals surface area contributed by atoms with Crippen LogP contribution in [0, 0.1) is 0 Å². The van der Waals surface area contributed by atoms with Crippen molar-refractivity contribution in [2.45, 2.75) is 17.1 Å². The van der Waals surface area contributed by atoms with E-state index in [4.69, 9.17) is 4.74 Å². The van der Waals surface area contributed by atoms with Crippen LogP contribution in [-0.4, -0.2) is 58.3 Å². The van der Waals surface area contributed by atoms with E-state index in [1.54, 1.807) is 12.0 Å². The molecule has 0 saturated carbocycles. The zero-order valence-corrected chi connectivity index (χ0v) is 16.7. The van der Waals surface area contributed by atoms with Crippen LogP contribution in [0.5, 0.6) is 5.75 Å². The summed E-state index contributed by atoms with van der Waals surface area (Å²) in [5.41, 5.74) is 1.32. The van der Waals surface area contributed by atoms with Crippen molar-refractivity contribution in [2.24, 2.45) is 0 Å². The number of rotatable bonds is 5. The smallest absolute Gasteiger partial charge is 0.341 e. The molecule has 0 aromatic heterocycles. The Morgan fingerprint density at radius 2 is 1.62 bits per heavy atom. The van der Waals surface area contributed by atoms with E-state index in [0.717, 1.165) is 36.5 Å². The molecule has 0 N–H and O–H groups in total. The first-order valence-electron chi connectivity index (χ1n) is 9.13. The van der Waals surface area contributed by atoms with E-state index >= 15 is 0 Å². The monoisotopic (exact) mass is 424 g/mol. The van der Waals surface area contributed by atoms with Crippen molar-refractivity contribution in [1.82, 2.24) is 4.90 Å². The van der Waals surface area contributed by atoms with Gasteiger partial charge in [0.1, 0.15) is 5.75 Å². The SMILES string of the molecule is COc1ccc(N2CCCN(C(=O)c3ccc(S(=O)(=O)C(F)F)cc3)CC2)cc1. The standard InChI is InChI=1S/C20H22F2N2O4S/c1-28-17-7-5-16(6-8-17)23-11-2-12-24(14-13-23)19(25)15-3-9-18(10-4-15)29(26,27)20(21)22/h3-10,20H,2,11-14H2,1H3.